The minimum absolute atomic E-state index is 0.0506. The molecule has 2 rings (SSSR count). The molecular formula is C21H26N2O4. The summed E-state index contributed by atoms with van der Waals surface area (Å²) in [6.45, 7) is 2.79. The molecule has 0 aromatic heterocycles. The smallest absolute Gasteiger partial charge is 0.224 e. The first-order valence-corrected chi connectivity index (χ1v) is 8.80. The van der Waals surface area contributed by atoms with E-state index in [1.165, 1.54) is 6.92 Å². The standard InChI is InChI=1S/C21H26N2O4/c1-16(24)23(15-18-6-4-5-7-20(18)27-3)13-12-22-21(25)14-17-8-10-19(26-2)11-9-17/h4-11H,12-15H2,1-3H3,(H,22,25). The SMILES string of the molecule is COc1ccc(CC(=O)NCCN(Cc2ccccc2OC)C(C)=O)cc1. The average molecular weight is 370 g/mol. The maximum Gasteiger partial charge on any atom is 0.224 e. The van der Waals surface area contributed by atoms with Gasteiger partial charge in [-0.3, -0.25) is 9.59 Å². The number of carbonyl (C=O) groups is 2. The van der Waals surface area contributed by atoms with Gasteiger partial charge in [0.05, 0.1) is 20.6 Å². The van der Waals surface area contributed by atoms with Gasteiger partial charge in [-0.15, -0.1) is 0 Å². The normalized spacial score (nSPS) is 10.2. The summed E-state index contributed by atoms with van der Waals surface area (Å²) in [7, 11) is 3.21. The van der Waals surface area contributed by atoms with Gasteiger partial charge >= 0.3 is 0 Å². The third kappa shape index (κ3) is 6.33. The van der Waals surface area contributed by atoms with Crippen LogP contribution >= 0.6 is 0 Å². The molecular weight excluding hydrogens is 344 g/mol. The van der Waals surface area contributed by atoms with Gasteiger partial charge in [0.15, 0.2) is 0 Å². The highest BCUT2D eigenvalue weighted by atomic mass is 16.5. The zero-order valence-electron chi connectivity index (χ0n) is 16.0. The van der Waals surface area contributed by atoms with Crippen molar-refractivity contribution in [2.24, 2.45) is 0 Å². The molecule has 0 aliphatic heterocycles. The van der Waals surface area contributed by atoms with Gasteiger partial charge in [0.25, 0.3) is 0 Å². The number of nitrogens with one attached hydrogen (secondary N) is 1. The predicted octanol–water partition coefficient (Wildman–Crippen LogP) is 2.41. The first-order chi connectivity index (χ1) is 13.0. The van der Waals surface area contributed by atoms with E-state index in [1.54, 1.807) is 19.1 Å². The molecule has 0 bridgehead atoms. The number of nitrogens with zero attached hydrogens (tertiary/aromatic N) is 1. The molecule has 1 N–H and O–H groups in total. The van der Waals surface area contributed by atoms with Crippen LogP contribution < -0.4 is 14.8 Å². The molecule has 27 heavy (non-hydrogen) atoms. The molecule has 0 saturated heterocycles. The topological polar surface area (TPSA) is 67.9 Å². The van der Waals surface area contributed by atoms with Crippen molar-refractivity contribution in [2.45, 2.75) is 19.9 Å². The number of hydrogen-bond donors (Lipinski definition) is 1. The molecule has 0 aliphatic carbocycles. The Morgan fingerprint density at radius 1 is 1.00 bits per heavy atom. The zero-order valence-corrected chi connectivity index (χ0v) is 16.0. The second-order valence-corrected chi connectivity index (χ2v) is 6.13. The molecule has 2 aromatic rings. The van der Waals surface area contributed by atoms with Crippen LogP contribution in [0.2, 0.25) is 0 Å². The highest BCUT2D eigenvalue weighted by Crippen LogP contribution is 2.19. The van der Waals surface area contributed by atoms with E-state index < -0.39 is 0 Å². The summed E-state index contributed by atoms with van der Waals surface area (Å²) >= 11 is 0. The van der Waals surface area contributed by atoms with E-state index in [0.29, 0.717) is 19.6 Å². The Labute approximate surface area is 160 Å². The van der Waals surface area contributed by atoms with Gasteiger partial charge in [0, 0.05) is 32.1 Å². The molecule has 144 valence electrons. The monoisotopic (exact) mass is 370 g/mol. The van der Waals surface area contributed by atoms with Gasteiger partial charge in [-0.2, -0.15) is 0 Å². The van der Waals surface area contributed by atoms with E-state index in [-0.39, 0.29) is 18.2 Å². The van der Waals surface area contributed by atoms with E-state index in [4.69, 9.17) is 9.47 Å². The van der Waals surface area contributed by atoms with Crippen LogP contribution in [0.3, 0.4) is 0 Å². The predicted molar refractivity (Wildman–Crippen MR) is 104 cm³/mol. The first kappa shape index (κ1) is 20.3. The lowest BCUT2D eigenvalue weighted by Crippen LogP contribution is -2.37. The minimum atomic E-state index is -0.0824. The van der Waals surface area contributed by atoms with E-state index in [0.717, 1.165) is 22.6 Å². The summed E-state index contributed by atoms with van der Waals surface area (Å²) in [4.78, 5) is 25.7. The Morgan fingerprint density at radius 3 is 2.33 bits per heavy atom. The van der Waals surface area contributed by atoms with Crippen molar-refractivity contribution in [3.05, 3.63) is 59.7 Å². The molecule has 6 nitrogen and oxygen atoms in total. The number of methoxy groups -OCH3 is 2. The van der Waals surface area contributed by atoms with Crippen molar-refractivity contribution >= 4 is 11.8 Å². The maximum atomic E-state index is 12.1. The largest absolute Gasteiger partial charge is 0.497 e. The molecule has 0 radical (unpaired) electrons. The Kier molecular flexibility index (Phi) is 7.67. The third-order valence-corrected chi connectivity index (χ3v) is 4.23. The molecule has 0 atom stereocenters. The van der Waals surface area contributed by atoms with Crippen LogP contribution in [0.4, 0.5) is 0 Å². The number of rotatable bonds is 9. The molecule has 0 aliphatic rings. The summed E-state index contributed by atoms with van der Waals surface area (Å²) in [5.41, 5.74) is 1.84. The van der Waals surface area contributed by atoms with Gasteiger partial charge < -0.3 is 19.7 Å². The zero-order chi connectivity index (χ0) is 19.6. The number of para-hydroxylation sites is 1. The van der Waals surface area contributed by atoms with E-state index in [2.05, 4.69) is 5.32 Å². The average Bonchev–Trinajstić information content (AvgIpc) is 2.68. The summed E-state index contributed by atoms with van der Waals surface area (Å²) in [5.74, 6) is 1.37. The maximum absolute atomic E-state index is 12.1. The van der Waals surface area contributed by atoms with E-state index >= 15 is 0 Å². The summed E-state index contributed by atoms with van der Waals surface area (Å²) in [5, 5.41) is 2.86. The van der Waals surface area contributed by atoms with Crippen LogP contribution in [0.25, 0.3) is 0 Å². The molecule has 2 aromatic carbocycles. The molecule has 6 heteroatoms. The van der Waals surface area contributed by atoms with Gasteiger partial charge in [-0.25, -0.2) is 0 Å². The van der Waals surface area contributed by atoms with Crippen LogP contribution in [0.5, 0.6) is 11.5 Å². The second kappa shape index (κ2) is 10.2. The van der Waals surface area contributed by atoms with Crippen molar-refractivity contribution in [3.63, 3.8) is 0 Å². The Bertz CT molecular complexity index is 759. The van der Waals surface area contributed by atoms with E-state index in [1.807, 2.05) is 48.5 Å². The first-order valence-electron chi connectivity index (χ1n) is 8.80. The Balaban J connectivity index is 1.84. The molecule has 0 unspecified atom stereocenters. The van der Waals surface area contributed by atoms with Crippen LogP contribution in [-0.4, -0.2) is 44.0 Å². The van der Waals surface area contributed by atoms with Gasteiger partial charge in [0.1, 0.15) is 11.5 Å². The summed E-state index contributed by atoms with van der Waals surface area (Å²) in [6.07, 6.45) is 0.288. The van der Waals surface area contributed by atoms with Crippen molar-refractivity contribution < 1.29 is 19.1 Å². The lowest BCUT2D eigenvalue weighted by Gasteiger charge is -2.22. The van der Waals surface area contributed by atoms with Crippen LogP contribution in [-0.2, 0) is 22.6 Å². The van der Waals surface area contributed by atoms with E-state index in [9.17, 15) is 9.59 Å². The minimum Gasteiger partial charge on any atom is -0.497 e. The van der Waals surface area contributed by atoms with Crippen molar-refractivity contribution in [1.29, 1.82) is 0 Å². The number of hydrogen-bond acceptors (Lipinski definition) is 4. The van der Waals surface area contributed by atoms with Gasteiger partial charge in [-0.1, -0.05) is 30.3 Å². The lowest BCUT2D eigenvalue weighted by atomic mass is 10.1. The second-order valence-electron chi connectivity index (χ2n) is 6.13. The number of carbonyl (C=O) groups excluding carboxylic acids is 2. The number of benzene rings is 2. The third-order valence-electron chi connectivity index (χ3n) is 4.23. The van der Waals surface area contributed by atoms with Crippen molar-refractivity contribution in [3.8, 4) is 11.5 Å². The molecule has 2 amide bonds. The molecule has 0 saturated carbocycles. The van der Waals surface area contributed by atoms with Crippen LogP contribution in [0.1, 0.15) is 18.1 Å². The quantitative estimate of drug-likeness (QED) is 0.736. The fourth-order valence-electron chi connectivity index (χ4n) is 2.71. The Hall–Kier alpha value is -3.02. The fraction of sp³-hybridized carbons (Fsp3) is 0.333. The number of ether oxygens (including phenoxy) is 2. The molecule has 0 fully saturated rings. The lowest BCUT2D eigenvalue weighted by molar-refractivity contribution is -0.130. The van der Waals surface area contributed by atoms with Gasteiger partial charge in [-0.05, 0) is 23.8 Å². The van der Waals surface area contributed by atoms with Crippen molar-refractivity contribution in [1.82, 2.24) is 10.2 Å². The highest BCUT2D eigenvalue weighted by molar-refractivity contribution is 5.78. The van der Waals surface area contributed by atoms with Crippen molar-refractivity contribution in [2.75, 3.05) is 27.3 Å². The molecule has 0 spiro atoms. The summed E-state index contributed by atoms with van der Waals surface area (Å²) < 4.78 is 10.4. The van der Waals surface area contributed by atoms with Crippen LogP contribution in [0, 0.1) is 0 Å². The van der Waals surface area contributed by atoms with Gasteiger partial charge in [0.2, 0.25) is 11.8 Å². The number of amides is 2. The summed E-state index contributed by atoms with van der Waals surface area (Å²) in [6, 6.07) is 15.0. The van der Waals surface area contributed by atoms with Crippen LogP contribution in [0.15, 0.2) is 48.5 Å². The molecule has 0 heterocycles. The Morgan fingerprint density at radius 2 is 1.70 bits per heavy atom. The highest BCUT2D eigenvalue weighted by Gasteiger charge is 2.13. The fourth-order valence-corrected chi connectivity index (χ4v) is 2.71.